The lowest BCUT2D eigenvalue weighted by Crippen LogP contribution is -2.26. The average Bonchev–Trinajstić information content (AvgIpc) is 3.58. The molecule has 0 aliphatic carbocycles. The first kappa shape index (κ1) is 19.9. The zero-order valence-corrected chi connectivity index (χ0v) is 18.8. The Hall–Kier alpha value is -3.71. The summed E-state index contributed by atoms with van der Waals surface area (Å²) < 4.78 is 5.35. The molecule has 2 N–H and O–H groups in total. The molecule has 7 nitrogen and oxygen atoms in total. The topological polar surface area (TPSA) is 82.7 Å². The minimum atomic E-state index is 0.603. The number of ether oxygens (including phenoxy) is 1. The van der Waals surface area contributed by atoms with E-state index in [4.69, 9.17) is 9.72 Å². The van der Waals surface area contributed by atoms with Crippen LogP contribution in [-0.4, -0.2) is 50.0 Å². The summed E-state index contributed by atoms with van der Waals surface area (Å²) in [6.45, 7) is 4.22. The van der Waals surface area contributed by atoms with Crippen molar-refractivity contribution in [3.05, 3.63) is 60.4 Å². The number of benzene rings is 3. The third-order valence-corrected chi connectivity index (χ3v) is 6.72. The molecule has 6 rings (SSSR count). The predicted molar refractivity (Wildman–Crippen MR) is 130 cm³/mol. The lowest BCUT2D eigenvalue weighted by Gasteiger charge is -2.18. The highest BCUT2D eigenvalue weighted by atomic mass is 16.5. The van der Waals surface area contributed by atoms with Crippen molar-refractivity contribution in [2.45, 2.75) is 32.4 Å². The molecule has 3 aromatic carbocycles. The Morgan fingerprint density at radius 1 is 0.970 bits per heavy atom. The van der Waals surface area contributed by atoms with Crippen molar-refractivity contribution < 1.29 is 4.74 Å². The van der Waals surface area contributed by atoms with Crippen LogP contribution < -0.4 is 4.74 Å². The van der Waals surface area contributed by atoms with Gasteiger partial charge in [0.25, 0.3) is 0 Å². The number of methoxy groups -OCH3 is 1. The summed E-state index contributed by atoms with van der Waals surface area (Å²) >= 11 is 0. The fraction of sp³-hybridized carbons (Fsp3) is 0.269. The molecule has 1 fully saturated rings. The molecule has 0 saturated carbocycles. The molecule has 1 unspecified atom stereocenters. The fourth-order valence-corrected chi connectivity index (χ4v) is 4.79. The number of nitrogens with one attached hydrogen (secondary N) is 2. The lowest BCUT2D eigenvalue weighted by atomic mass is 10.0. The van der Waals surface area contributed by atoms with E-state index in [1.54, 1.807) is 7.11 Å². The van der Waals surface area contributed by atoms with Crippen LogP contribution in [0.25, 0.3) is 44.3 Å². The van der Waals surface area contributed by atoms with E-state index in [9.17, 15) is 0 Å². The van der Waals surface area contributed by atoms with Gasteiger partial charge in [-0.15, -0.1) is 0 Å². The van der Waals surface area contributed by atoms with Crippen LogP contribution in [0.1, 0.15) is 25.6 Å². The molecule has 0 radical (unpaired) electrons. The maximum atomic E-state index is 5.35. The number of hydrogen-bond acceptors (Lipinski definition) is 5. The van der Waals surface area contributed by atoms with Crippen LogP contribution in [0.5, 0.6) is 5.75 Å². The summed E-state index contributed by atoms with van der Waals surface area (Å²) in [4.78, 5) is 7.23. The molecule has 0 bridgehead atoms. The molecule has 7 heteroatoms. The number of rotatable bonds is 5. The summed E-state index contributed by atoms with van der Waals surface area (Å²) in [5.74, 6) is 2.49. The van der Waals surface area contributed by atoms with Crippen LogP contribution in [0.4, 0.5) is 0 Å². The second kappa shape index (κ2) is 8.01. The van der Waals surface area contributed by atoms with E-state index in [0.29, 0.717) is 6.04 Å². The Labute approximate surface area is 191 Å². The van der Waals surface area contributed by atoms with Crippen molar-refractivity contribution in [2.75, 3.05) is 13.7 Å². The first-order valence-electron chi connectivity index (χ1n) is 11.4. The van der Waals surface area contributed by atoms with Gasteiger partial charge in [0.05, 0.1) is 24.9 Å². The second-order valence-corrected chi connectivity index (χ2v) is 8.83. The molecule has 3 heterocycles. The molecule has 1 aliphatic heterocycles. The molecule has 33 heavy (non-hydrogen) atoms. The maximum Gasteiger partial charge on any atom is 0.181 e. The number of fused-ring (bicyclic) bond motifs is 2. The van der Waals surface area contributed by atoms with Gasteiger partial charge in [0.2, 0.25) is 0 Å². The zero-order valence-electron chi connectivity index (χ0n) is 18.8. The van der Waals surface area contributed by atoms with E-state index in [2.05, 4.69) is 62.6 Å². The van der Waals surface area contributed by atoms with Crippen LogP contribution in [0, 0.1) is 0 Å². The van der Waals surface area contributed by atoms with E-state index < -0.39 is 0 Å². The number of hydrogen-bond donors (Lipinski definition) is 2. The smallest absolute Gasteiger partial charge is 0.181 e. The van der Waals surface area contributed by atoms with E-state index in [1.165, 1.54) is 12.8 Å². The SMILES string of the molecule is COc1ccc2cc(-c3n[nH]c4ccc(-c5n[nH]c(CN6CCCC6C)n5)cc34)ccc2c1. The number of nitrogens with zero attached hydrogens (tertiary/aromatic N) is 4. The van der Waals surface area contributed by atoms with E-state index in [1.807, 2.05) is 24.3 Å². The van der Waals surface area contributed by atoms with Crippen molar-refractivity contribution in [1.29, 1.82) is 0 Å². The minimum absolute atomic E-state index is 0.603. The van der Waals surface area contributed by atoms with Crippen molar-refractivity contribution in [1.82, 2.24) is 30.3 Å². The molecular formula is C26H26N6O. The Kier molecular flexibility index (Phi) is 4.84. The van der Waals surface area contributed by atoms with E-state index >= 15 is 0 Å². The van der Waals surface area contributed by atoms with Gasteiger partial charge >= 0.3 is 0 Å². The molecule has 1 saturated heterocycles. The second-order valence-electron chi connectivity index (χ2n) is 8.83. The van der Waals surface area contributed by atoms with Crippen molar-refractivity contribution in [2.24, 2.45) is 0 Å². The highest BCUT2D eigenvalue weighted by molar-refractivity contribution is 5.97. The summed E-state index contributed by atoms with van der Waals surface area (Å²) in [6.07, 6.45) is 2.51. The molecular weight excluding hydrogens is 412 g/mol. The highest BCUT2D eigenvalue weighted by Crippen LogP contribution is 2.32. The van der Waals surface area contributed by atoms with Crippen LogP contribution in [0.15, 0.2) is 54.6 Å². The number of aromatic amines is 2. The standard InChI is InChI=1S/C26H26N6O/c1-16-4-3-11-32(16)15-24-27-26(31-29-24)20-8-10-23-22(14-20)25(30-28-23)19-6-5-18-13-21(33-2)9-7-17(18)12-19/h5-10,12-14,16H,3-4,11,15H2,1-2H3,(H,28,30)(H,27,29,31). The van der Waals surface area contributed by atoms with Crippen molar-refractivity contribution in [3.8, 4) is 28.4 Å². The monoisotopic (exact) mass is 438 g/mol. The first-order chi connectivity index (χ1) is 16.2. The Morgan fingerprint density at radius 2 is 1.82 bits per heavy atom. The van der Waals surface area contributed by atoms with Crippen LogP contribution in [-0.2, 0) is 6.54 Å². The van der Waals surface area contributed by atoms with Gasteiger partial charge in [-0.1, -0.05) is 18.2 Å². The van der Waals surface area contributed by atoms with E-state index in [0.717, 1.165) is 69.0 Å². The quantitative estimate of drug-likeness (QED) is 0.396. The number of H-pyrrole nitrogens is 2. The van der Waals surface area contributed by atoms with E-state index in [-0.39, 0.29) is 0 Å². The van der Waals surface area contributed by atoms with Gasteiger partial charge in [-0.25, -0.2) is 4.98 Å². The Morgan fingerprint density at radius 3 is 2.67 bits per heavy atom. The first-order valence-corrected chi connectivity index (χ1v) is 11.4. The number of likely N-dealkylation sites (tertiary alicyclic amines) is 1. The largest absolute Gasteiger partial charge is 0.497 e. The fourth-order valence-electron chi connectivity index (χ4n) is 4.79. The molecule has 0 spiro atoms. The molecule has 166 valence electrons. The molecule has 1 atom stereocenters. The summed E-state index contributed by atoms with van der Waals surface area (Å²) in [5.41, 5.74) is 3.96. The van der Waals surface area contributed by atoms with Gasteiger partial charge in [-0.2, -0.15) is 10.2 Å². The van der Waals surface area contributed by atoms with Gasteiger partial charge in [0, 0.05) is 22.6 Å². The van der Waals surface area contributed by atoms with Gasteiger partial charge in [0.15, 0.2) is 5.82 Å². The predicted octanol–water partition coefficient (Wildman–Crippen LogP) is 5.16. The van der Waals surface area contributed by atoms with Crippen LogP contribution in [0.3, 0.4) is 0 Å². The summed E-state index contributed by atoms with van der Waals surface area (Å²) in [6, 6.07) is 19.3. The molecule has 2 aromatic heterocycles. The highest BCUT2D eigenvalue weighted by Gasteiger charge is 2.21. The van der Waals surface area contributed by atoms with Gasteiger partial charge in [-0.05, 0) is 73.5 Å². The molecule has 1 aliphatic rings. The van der Waals surface area contributed by atoms with Crippen molar-refractivity contribution >= 4 is 21.7 Å². The normalized spacial score (nSPS) is 16.7. The Bertz CT molecular complexity index is 1450. The number of aromatic nitrogens is 5. The summed E-state index contributed by atoms with van der Waals surface area (Å²) in [5, 5.41) is 18.8. The lowest BCUT2D eigenvalue weighted by molar-refractivity contribution is 0.254. The molecule has 5 aromatic rings. The Balaban J connectivity index is 1.34. The third kappa shape index (κ3) is 3.64. The van der Waals surface area contributed by atoms with Crippen LogP contribution in [0.2, 0.25) is 0 Å². The third-order valence-electron chi connectivity index (χ3n) is 6.72. The zero-order chi connectivity index (χ0) is 22.4. The maximum absolute atomic E-state index is 5.35. The average molecular weight is 439 g/mol. The van der Waals surface area contributed by atoms with Gasteiger partial charge in [-0.3, -0.25) is 15.1 Å². The van der Waals surface area contributed by atoms with Gasteiger partial charge < -0.3 is 4.74 Å². The van der Waals surface area contributed by atoms with Gasteiger partial charge in [0.1, 0.15) is 11.6 Å². The molecule has 0 amide bonds. The van der Waals surface area contributed by atoms with Crippen LogP contribution >= 0.6 is 0 Å². The van der Waals surface area contributed by atoms with Crippen molar-refractivity contribution in [3.63, 3.8) is 0 Å². The summed E-state index contributed by atoms with van der Waals surface area (Å²) in [7, 11) is 1.69. The minimum Gasteiger partial charge on any atom is -0.497 e.